The van der Waals surface area contributed by atoms with E-state index in [1.807, 2.05) is 4.72 Å². The van der Waals surface area contributed by atoms with Gasteiger partial charge in [0, 0.05) is 6.26 Å². The number of aliphatic carboxylic acids is 1. The lowest BCUT2D eigenvalue weighted by atomic mass is 10.1. The number of carboxylic acid groups (broad SMARTS) is 1. The molecule has 0 radical (unpaired) electrons. The summed E-state index contributed by atoms with van der Waals surface area (Å²) in [6.07, 6.45) is 0.864. The Bertz CT molecular complexity index is 464. The molecule has 9 heteroatoms. The molecule has 7 nitrogen and oxygen atoms in total. The molecule has 2 N–H and O–H groups in total. The van der Waals surface area contributed by atoms with E-state index in [2.05, 4.69) is 0 Å². The molecule has 0 spiro atoms. The van der Waals surface area contributed by atoms with Crippen LogP contribution in [-0.2, 0) is 24.7 Å². The van der Waals surface area contributed by atoms with Crippen LogP contribution in [0.5, 0.6) is 0 Å². The van der Waals surface area contributed by atoms with Gasteiger partial charge < -0.3 is 5.11 Å². The Morgan fingerprint density at radius 3 is 2.00 bits per heavy atom. The molecule has 0 aliphatic heterocycles. The van der Waals surface area contributed by atoms with E-state index in [9.17, 15) is 21.6 Å². The lowest BCUT2D eigenvalue weighted by Crippen LogP contribution is -2.43. The standard InChI is InChI=1S/C8H17NO6S2/c1-6(2)4-7(8(10)11)9-17(14,15)5-16(3,12)13/h6-7,9H,4-5H2,1-3H3,(H,10,11). The first-order valence-corrected chi connectivity index (χ1v) is 8.55. The van der Waals surface area contributed by atoms with Crippen LogP contribution in [0.3, 0.4) is 0 Å². The number of carboxylic acids is 1. The average molecular weight is 287 g/mol. The zero-order chi connectivity index (χ0) is 13.9. The minimum Gasteiger partial charge on any atom is -0.480 e. The van der Waals surface area contributed by atoms with Crippen LogP contribution in [0.25, 0.3) is 0 Å². The molecule has 0 rings (SSSR count). The predicted molar refractivity (Wildman–Crippen MR) is 62.6 cm³/mol. The largest absolute Gasteiger partial charge is 0.480 e. The Morgan fingerprint density at radius 1 is 1.24 bits per heavy atom. The second-order valence-electron chi connectivity index (χ2n) is 4.30. The quantitative estimate of drug-likeness (QED) is 0.646. The third kappa shape index (κ3) is 8.11. The number of nitrogens with one attached hydrogen (secondary N) is 1. The number of rotatable bonds is 7. The monoisotopic (exact) mass is 287 g/mol. The van der Waals surface area contributed by atoms with Gasteiger partial charge in [-0.05, 0) is 12.3 Å². The number of sulfone groups is 1. The van der Waals surface area contributed by atoms with Crippen molar-refractivity contribution in [3.05, 3.63) is 0 Å². The summed E-state index contributed by atoms with van der Waals surface area (Å²) in [5, 5.41) is 7.70. The zero-order valence-corrected chi connectivity index (χ0v) is 11.5. The van der Waals surface area contributed by atoms with E-state index in [4.69, 9.17) is 5.11 Å². The summed E-state index contributed by atoms with van der Waals surface area (Å²) in [6.45, 7) is 3.47. The van der Waals surface area contributed by atoms with Gasteiger partial charge >= 0.3 is 5.97 Å². The minimum atomic E-state index is -4.15. The summed E-state index contributed by atoms with van der Waals surface area (Å²) in [5.41, 5.74) is 0. The van der Waals surface area contributed by atoms with Gasteiger partial charge in [-0.1, -0.05) is 13.8 Å². The van der Waals surface area contributed by atoms with Gasteiger partial charge in [0.1, 0.15) is 6.04 Å². The summed E-state index contributed by atoms with van der Waals surface area (Å²) >= 11 is 0. The van der Waals surface area contributed by atoms with E-state index in [1.54, 1.807) is 13.8 Å². The SMILES string of the molecule is CC(C)CC(NS(=O)(=O)CS(C)(=O)=O)C(=O)O. The molecule has 1 unspecified atom stereocenters. The van der Waals surface area contributed by atoms with Gasteiger partial charge in [0.2, 0.25) is 10.0 Å². The van der Waals surface area contributed by atoms with Crippen molar-refractivity contribution < 1.29 is 26.7 Å². The Hall–Kier alpha value is -0.670. The Balaban J connectivity index is 4.83. The first kappa shape index (κ1) is 16.3. The van der Waals surface area contributed by atoms with Crippen LogP contribution < -0.4 is 4.72 Å². The van der Waals surface area contributed by atoms with Gasteiger partial charge in [-0.3, -0.25) is 4.79 Å². The molecule has 0 heterocycles. The summed E-state index contributed by atoms with van der Waals surface area (Å²) in [7, 11) is -7.87. The fourth-order valence-corrected chi connectivity index (χ4v) is 4.36. The molecule has 0 aliphatic carbocycles. The van der Waals surface area contributed by atoms with Gasteiger partial charge in [0.15, 0.2) is 14.9 Å². The van der Waals surface area contributed by atoms with Crippen LogP contribution in [-0.4, -0.2) is 45.3 Å². The number of sulfonamides is 1. The highest BCUT2D eigenvalue weighted by atomic mass is 32.3. The van der Waals surface area contributed by atoms with Crippen molar-refractivity contribution in [3.8, 4) is 0 Å². The molecular weight excluding hydrogens is 270 g/mol. The van der Waals surface area contributed by atoms with Crippen molar-refractivity contribution in [2.75, 3.05) is 11.3 Å². The Kier molecular flexibility index (Phi) is 5.56. The highest BCUT2D eigenvalue weighted by Crippen LogP contribution is 2.07. The van der Waals surface area contributed by atoms with Gasteiger partial charge in [-0.2, -0.15) is 0 Å². The molecule has 0 aromatic rings. The third-order valence-electron chi connectivity index (χ3n) is 1.70. The van der Waals surface area contributed by atoms with E-state index >= 15 is 0 Å². The first-order valence-electron chi connectivity index (χ1n) is 4.83. The maximum absolute atomic E-state index is 11.4. The normalized spacial score (nSPS) is 14.8. The smallest absolute Gasteiger partial charge is 0.321 e. The molecule has 0 bridgehead atoms. The first-order chi connectivity index (χ1) is 7.43. The van der Waals surface area contributed by atoms with Crippen molar-refractivity contribution in [1.29, 1.82) is 0 Å². The number of hydrogen-bond donors (Lipinski definition) is 2. The van der Waals surface area contributed by atoms with E-state index in [0.29, 0.717) is 0 Å². The summed E-state index contributed by atoms with van der Waals surface area (Å²) in [5.74, 6) is -1.35. The van der Waals surface area contributed by atoms with E-state index in [1.165, 1.54) is 0 Å². The van der Waals surface area contributed by atoms with E-state index in [0.717, 1.165) is 6.26 Å². The van der Waals surface area contributed by atoms with Gasteiger partial charge in [0.25, 0.3) is 0 Å². The topological polar surface area (TPSA) is 118 Å². The summed E-state index contributed by atoms with van der Waals surface area (Å²) in [4.78, 5) is 10.8. The lowest BCUT2D eigenvalue weighted by molar-refractivity contribution is -0.139. The summed E-state index contributed by atoms with van der Waals surface area (Å²) < 4.78 is 46.4. The minimum absolute atomic E-state index is 0.0305. The van der Waals surface area contributed by atoms with E-state index < -0.39 is 37.0 Å². The van der Waals surface area contributed by atoms with Crippen LogP contribution in [0.2, 0.25) is 0 Å². The molecule has 0 aromatic carbocycles. The number of carbonyl (C=O) groups is 1. The van der Waals surface area contributed by atoms with Gasteiger partial charge in [0.05, 0.1) is 0 Å². The highest BCUT2D eigenvalue weighted by molar-refractivity contribution is 8.06. The zero-order valence-electron chi connectivity index (χ0n) is 9.87. The molecule has 102 valence electrons. The van der Waals surface area contributed by atoms with Crippen molar-refractivity contribution in [3.63, 3.8) is 0 Å². The predicted octanol–water partition coefficient (Wildman–Crippen LogP) is -0.593. The Labute approximate surface area is 101 Å². The molecule has 0 aromatic heterocycles. The van der Waals surface area contributed by atoms with Crippen molar-refractivity contribution >= 4 is 25.8 Å². The van der Waals surface area contributed by atoms with E-state index in [-0.39, 0.29) is 12.3 Å². The Morgan fingerprint density at radius 2 is 1.71 bits per heavy atom. The second-order valence-corrected chi connectivity index (χ2v) is 8.56. The molecule has 17 heavy (non-hydrogen) atoms. The van der Waals surface area contributed by atoms with Crippen molar-refractivity contribution in [2.24, 2.45) is 5.92 Å². The summed E-state index contributed by atoms with van der Waals surface area (Å²) in [6, 6.07) is -1.30. The fraction of sp³-hybridized carbons (Fsp3) is 0.875. The molecular formula is C8H17NO6S2. The molecule has 0 fully saturated rings. The van der Waals surface area contributed by atoms with Crippen molar-refractivity contribution in [1.82, 2.24) is 4.72 Å². The highest BCUT2D eigenvalue weighted by Gasteiger charge is 2.27. The molecule has 0 aliphatic rings. The molecule has 0 amide bonds. The maximum Gasteiger partial charge on any atom is 0.321 e. The van der Waals surface area contributed by atoms with Gasteiger partial charge in [-0.15, -0.1) is 0 Å². The van der Waals surface area contributed by atoms with Crippen LogP contribution in [0, 0.1) is 5.92 Å². The molecule has 0 saturated heterocycles. The van der Waals surface area contributed by atoms with Crippen LogP contribution >= 0.6 is 0 Å². The van der Waals surface area contributed by atoms with Gasteiger partial charge in [-0.25, -0.2) is 21.6 Å². The number of hydrogen-bond acceptors (Lipinski definition) is 5. The average Bonchev–Trinajstić information content (AvgIpc) is 1.95. The molecule has 0 saturated carbocycles. The van der Waals surface area contributed by atoms with Crippen LogP contribution in [0.15, 0.2) is 0 Å². The second kappa shape index (κ2) is 5.78. The van der Waals surface area contributed by atoms with Crippen LogP contribution in [0.4, 0.5) is 0 Å². The third-order valence-corrected chi connectivity index (χ3v) is 5.29. The fourth-order valence-electron chi connectivity index (χ4n) is 1.20. The molecule has 1 atom stereocenters. The lowest BCUT2D eigenvalue weighted by Gasteiger charge is -2.16. The van der Waals surface area contributed by atoms with Crippen LogP contribution in [0.1, 0.15) is 20.3 Å². The maximum atomic E-state index is 11.4. The van der Waals surface area contributed by atoms with Crippen molar-refractivity contribution in [2.45, 2.75) is 26.3 Å².